The Bertz CT molecular complexity index is 527. The maximum absolute atomic E-state index is 13.3. The Kier molecular flexibility index (Phi) is 3.95. The number of benzene rings is 1. The topological polar surface area (TPSA) is 29.5 Å². The molecule has 0 N–H and O–H groups in total. The monoisotopic (exact) mass is 343 g/mol. The van der Waals surface area contributed by atoms with Gasteiger partial charge in [-0.15, -0.1) is 0 Å². The van der Waals surface area contributed by atoms with Crippen LogP contribution in [0.1, 0.15) is 38.1 Å². The molecular formula is C15H19BrFNO2. The molecule has 1 fully saturated rings. The zero-order valence-corrected chi connectivity index (χ0v) is 13.8. The summed E-state index contributed by atoms with van der Waals surface area (Å²) < 4.78 is 19.5. The Balaban J connectivity index is 2.26. The molecule has 3 nitrogen and oxygen atoms in total. The molecule has 20 heavy (non-hydrogen) atoms. The third-order valence-corrected chi connectivity index (χ3v) is 3.76. The van der Waals surface area contributed by atoms with Gasteiger partial charge >= 0.3 is 0 Å². The van der Waals surface area contributed by atoms with Crippen LogP contribution in [0.15, 0.2) is 22.7 Å². The summed E-state index contributed by atoms with van der Waals surface area (Å²) in [5.41, 5.74) is -0.310. The van der Waals surface area contributed by atoms with Gasteiger partial charge in [-0.25, -0.2) is 4.39 Å². The molecule has 5 heteroatoms. The van der Waals surface area contributed by atoms with Crippen LogP contribution in [0.25, 0.3) is 0 Å². The second-order valence-electron chi connectivity index (χ2n) is 6.41. The van der Waals surface area contributed by atoms with E-state index in [0.717, 1.165) is 0 Å². The quantitative estimate of drug-likeness (QED) is 0.779. The van der Waals surface area contributed by atoms with Crippen LogP contribution in [0.2, 0.25) is 0 Å². The van der Waals surface area contributed by atoms with Crippen LogP contribution in [-0.2, 0) is 4.74 Å². The standard InChI is InChI=1S/C15H19BrFNO2/c1-14(2)8-18(9-15(3,4)20-14)13(19)10-5-6-12(17)11(16)7-10/h5-7H,8-9H2,1-4H3. The second-order valence-corrected chi connectivity index (χ2v) is 7.27. The fourth-order valence-electron chi connectivity index (χ4n) is 2.74. The summed E-state index contributed by atoms with van der Waals surface area (Å²) in [5.74, 6) is -0.473. The van der Waals surface area contributed by atoms with Crippen molar-refractivity contribution in [1.29, 1.82) is 0 Å². The van der Waals surface area contributed by atoms with Crippen molar-refractivity contribution >= 4 is 21.8 Å². The lowest BCUT2D eigenvalue weighted by Crippen LogP contribution is -2.58. The number of morpholine rings is 1. The van der Waals surface area contributed by atoms with Crippen molar-refractivity contribution in [3.63, 3.8) is 0 Å². The molecule has 2 rings (SSSR count). The summed E-state index contributed by atoms with van der Waals surface area (Å²) in [6.45, 7) is 8.90. The van der Waals surface area contributed by atoms with Gasteiger partial charge in [-0.3, -0.25) is 4.79 Å². The number of hydrogen-bond acceptors (Lipinski definition) is 2. The summed E-state index contributed by atoms with van der Waals surface area (Å²) >= 11 is 3.11. The highest BCUT2D eigenvalue weighted by Gasteiger charge is 2.40. The normalized spacial score (nSPS) is 20.8. The minimum atomic E-state index is -0.394. The molecule has 1 heterocycles. The molecule has 0 atom stereocenters. The summed E-state index contributed by atoms with van der Waals surface area (Å²) in [7, 11) is 0. The predicted molar refractivity (Wildman–Crippen MR) is 79.2 cm³/mol. The SMILES string of the molecule is CC1(C)CN(C(=O)c2ccc(F)c(Br)c2)CC(C)(C)O1. The molecule has 0 spiro atoms. The first-order chi connectivity index (χ1) is 9.10. The number of rotatable bonds is 1. The Morgan fingerprint density at radius 1 is 1.25 bits per heavy atom. The Labute approximate surface area is 127 Å². The van der Waals surface area contributed by atoms with Gasteiger partial charge in [-0.2, -0.15) is 0 Å². The number of halogens is 2. The molecule has 1 aromatic rings. The van der Waals surface area contributed by atoms with Gasteiger partial charge in [-0.05, 0) is 61.8 Å². The number of amides is 1. The van der Waals surface area contributed by atoms with E-state index in [1.807, 2.05) is 27.7 Å². The maximum atomic E-state index is 13.3. The molecule has 1 aromatic carbocycles. The Hall–Kier alpha value is -0.940. The molecule has 0 saturated carbocycles. The van der Waals surface area contributed by atoms with E-state index in [2.05, 4.69) is 15.9 Å². The lowest BCUT2D eigenvalue weighted by Gasteiger charge is -2.47. The van der Waals surface area contributed by atoms with E-state index in [-0.39, 0.29) is 11.7 Å². The highest BCUT2D eigenvalue weighted by Crippen LogP contribution is 2.29. The molecule has 0 unspecified atom stereocenters. The van der Waals surface area contributed by atoms with Crippen LogP contribution in [0.3, 0.4) is 0 Å². The van der Waals surface area contributed by atoms with E-state index in [9.17, 15) is 9.18 Å². The van der Waals surface area contributed by atoms with Crippen LogP contribution in [0, 0.1) is 5.82 Å². The van der Waals surface area contributed by atoms with Gasteiger partial charge in [0.1, 0.15) is 5.82 Å². The van der Waals surface area contributed by atoms with Crippen molar-refractivity contribution < 1.29 is 13.9 Å². The van der Waals surface area contributed by atoms with E-state index < -0.39 is 11.2 Å². The number of nitrogens with zero attached hydrogens (tertiary/aromatic N) is 1. The molecule has 110 valence electrons. The number of carbonyl (C=O) groups excluding carboxylic acids is 1. The van der Waals surface area contributed by atoms with Crippen LogP contribution in [-0.4, -0.2) is 35.1 Å². The molecular weight excluding hydrogens is 325 g/mol. The Morgan fingerprint density at radius 2 is 1.80 bits per heavy atom. The average Bonchev–Trinajstić information content (AvgIpc) is 2.27. The lowest BCUT2D eigenvalue weighted by atomic mass is 9.98. The van der Waals surface area contributed by atoms with Crippen molar-refractivity contribution in [1.82, 2.24) is 4.90 Å². The first-order valence-electron chi connectivity index (χ1n) is 6.54. The molecule has 1 aliphatic heterocycles. The van der Waals surface area contributed by atoms with Gasteiger partial charge in [0.05, 0.1) is 15.7 Å². The van der Waals surface area contributed by atoms with Gasteiger partial charge < -0.3 is 9.64 Å². The third kappa shape index (κ3) is 3.38. The van der Waals surface area contributed by atoms with E-state index in [1.165, 1.54) is 18.2 Å². The van der Waals surface area contributed by atoms with Crippen molar-refractivity contribution in [2.45, 2.75) is 38.9 Å². The summed E-state index contributed by atoms with van der Waals surface area (Å²) in [5, 5.41) is 0. The molecule has 0 aliphatic carbocycles. The average molecular weight is 344 g/mol. The van der Waals surface area contributed by atoms with E-state index in [0.29, 0.717) is 23.1 Å². The highest BCUT2D eigenvalue weighted by atomic mass is 79.9. The van der Waals surface area contributed by atoms with Crippen molar-refractivity contribution in [3.05, 3.63) is 34.1 Å². The minimum absolute atomic E-state index is 0.102. The van der Waals surface area contributed by atoms with Crippen molar-refractivity contribution in [3.8, 4) is 0 Å². The first kappa shape index (κ1) is 15.4. The maximum Gasteiger partial charge on any atom is 0.254 e. The molecule has 0 aromatic heterocycles. The van der Waals surface area contributed by atoms with Crippen LogP contribution < -0.4 is 0 Å². The zero-order valence-electron chi connectivity index (χ0n) is 12.2. The predicted octanol–water partition coefficient (Wildman–Crippen LogP) is 3.62. The third-order valence-electron chi connectivity index (χ3n) is 3.15. The van der Waals surface area contributed by atoms with Gasteiger partial charge in [0.25, 0.3) is 5.91 Å². The molecule has 1 saturated heterocycles. The van der Waals surface area contributed by atoms with Gasteiger partial charge in [0.2, 0.25) is 0 Å². The van der Waals surface area contributed by atoms with Gasteiger partial charge in [0.15, 0.2) is 0 Å². The second kappa shape index (κ2) is 5.11. The van der Waals surface area contributed by atoms with Gasteiger partial charge in [-0.1, -0.05) is 0 Å². The number of ether oxygens (including phenoxy) is 1. The van der Waals surface area contributed by atoms with Crippen LogP contribution in [0.4, 0.5) is 4.39 Å². The summed E-state index contributed by atoms with van der Waals surface area (Å²) in [6, 6.07) is 4.33. The van der Waals surface area contributed by atoms with E-state index in [1.54, 1.807) is 4.90 Å². The number of carbonyl (C=O) groups is 1. The summed E-state index contributed by atoms with van der Waals surface area (Å²) in [4.78, 5) is 14.3. The molecule has 0 radical (unpaired) electrons. The molecule has 0 bridgehead atoms. The highest BCUT2D eigenvalue weighted by molar-refractivity contribution is 9.10. The number of hydrogen-bond donors (Lipinski definition) is 0. The van der Waals surface area contributed by atoms with E-state index in [4.69, 9.17) is 4.74 Å². The Morgan fingerprint density at radius 3 is 2.30 bits per heavy atom. The fourth-order valence-corrected chi connectivity index (χ4v) is 3.12. The largest absolute Gasteiger partial charge is 0.366 e. The lowest BCUT2D eigenvalue weighted by molar-refractivity contribution is -0.171. The van der Waals surface area contributed by atoms with E-state index >= 15 is 0 Å². The van der Waals surface area contributed by atoms with Gasteiger partial charge in [0, 0.05) is 18.7 Å². The minimum Gasteiger partial charge on any atom is -0.366 e. The fraction of sp³-hybridized carbons (Fsp3) is 0.533. The molecule has 1 amide bonds. The molecule has 1 aliphatic rings. The van der Waals surface area contributed by atoms with Crippen LogP contribution >= 0.6 is 15.9 Å². The van der Waals surface area contributed by atoms with Crippen LogP contribution in [0.5, 0.6) is 0 Å². The van der Waals surface area contributed by atoms with Crippen molar-refractivity contribution in [2.24, 2.45) is 0 Å². The van der Waals surface area contributed by atoms with Crippen molar-refractivity contribution in [2.75, 3.05) is 13.1 Å². The summed E-state index contributed by atoms with van der Waals surface area (Å²) in [6.07, 6.45) is 0. The smallest absolute Gasteiger partial charge is 0.254 e. The first-order valence-corrected chi connectivity index (χ1v) is 7.33. The zero-order chi connectivity index (χ0) is 15.1.